The number of hydrogen-bond acceptors (Lipinski definition) is 2. The van der Waals surface area contributed by atoms with Gasteiger partial charge in [0.25, 0.3) is 0 Å². The van der Waals surface area contributed by atoms with Gasteiger partial charge in [-0.25, -0.2) is 0 Å². The molecular formula is C6H16O3. The van der Waals surface area contributed by atoms with Gasteiger partial charge in [-0.3, -0.25) is 0 Å². The standard InChI is InChI=1S/C6H14O2.H2O/c1-2-3-4-6(8)5-7;/h6-8H,2-5H2,1H3;1H2. The SMILES string of the molecule is CCCCC(O)CO.O. The van der Waals surface area contributed by atoms with Crippen molar-refractivity contribution >= 4 is 0 Å². The van der Waals surface area contributed by atoms with E-state index in [-0.39, 0.29) is 12.1 Å². The minimum Gasteiger partial charge on any atom is -0.412 e. The summed E-state index contributed by atoms with van der Waals surface area (Å²) in [6.45, 7) is 1.96. The Labute approximate surface area is 55.6 Å². The molecule has 1 atom stereocenters. The summed E-state index contributed by atoms with van der Waals surface area (Å²) in [5.74, 6) is 0. The van der Waals surface area contributed by atoms with Crippen LogP contribution in [0.2, 0.25) is 0 Å². The third kappa shape index (κ3) is 7.88. The van der Waals surface area contributed by atoms with E-state index in [0.29, 0.717) is 0 Å². The Morgan fingerprint density at radius 2 is 2.00 bits per heavy atom. The van der Waals surface area contributed by atoms with Crippen molar-refractivity contribution in [3.63, 3.8) is 0 Å². The van der Waals surface area contributed by atoms with Crippen molar-refractivity contribution in [1.29, 1.82) is 0 Å². The average Bonchev–Trinajstić information content (AvgIpc) is 1.83. The van der Waals surface area contributed by atoms with E-state index in [1.165, 1.54) is 0 Å². The first-order valence-corrected chi connectivity index (χ1v) is 3.10. The zero-order chi connectivity index (χ0) is 6.41. The van der Waals surface area contributed by atoms with Crippen LogP contribution in [0.1, 0.15) is 26.2 Å². The van der Waals surface area contributed by atoms with Gasteiger partial charge in [-0.2, -0.15) is 0 Å². The van der Waals surface area contributed by atoms with Crippen LogP contribution in [0.15, 0.2) is 0 Å². The van der Waals surface area contributed by atoms with Crippen LogP contribution >= 0.6 is 0 Å². The second kappa shape index (κ2) is 7.88. The summed E-state index contributed by atoms with van der Waals surface area (Å²) in [6, 6.07) is 0. The maximum atomic E-state index is 8.74. The van der Waals surface area contributed by atoms with E-state index in [4.69, 9.17) is 10.2 Å². The molecule has 0 heterocycles. The number of aliphatic hydroxyl groups excluding tert-OH is 2. The maximum Gasteiger partial charge on any atom is 0.0770 e. The van der Waals surface area contributed by atoms with Gasteiger partial charge in [-0.05, 0) is 6.42 Å². The van der Waals surface area contributed by atoms with Crippen LogP contribution in [0, 0.1) is 0 Å². The lowest BCUT2D eigenvalue weighted by Gasteiger charge is -2.02. The molecule has 0 aromatic heterocycles. The van der Waals surface area contributed by atoms with Crippen molar-refractivity contribution in [2.24, 2.45) is 0 Å². The Bertz CT molecular complexity index is 47.6. The van der Waals surface area contributed by atoms with Gasteiger partial charge >= 0.3 is 0 Å². The zero-order valence-corrected chi connectivity index (χ0v) is 5.80. The largest absolute Gasteiger partial charge is 0.412 e. The smallest absolute Gasteiger partial charge is 0.0770 e. The van der Waals surface area contributed by atoms with Crippen molar-refractivity contribution in [3.05, 3.63) is 0 Å². The van der Waals surface area contributed by atoms with E-state index in [2.05, 4.69) is 6.92 Å². The molecule has 0 aliphatic rings. The fourth-order valence-corrected chi connectivity index (χ4v) is 0.531. The van der Waals surface area contributed by atoms with Gasteiger partial charge in [0.05, 0.1) is 12.7 Å². The Kier molecular flexibility index (Phi) is 10.2. The Morgan fingerprint density at radius 1 is 1.44 bits per heavy atom. The molecule has 0 aromatic carbocycles. The molecule has 3 nitrogen and oxygen atoms in total. The zero-order valence-electron chi connectivity index (χ0n) is 5.80. The summed E-state index contributed by atoms with van der Waals surface area (Å²) in [4.78, 5) is 0. The molecule has 3 heteroatoms. The van der Waals surface area contributed by atoms with Gasteiger partial charge in [0.15, 0.2) is 0 Å². The minimum atomic E-state index is -0.491. The van der Waals surface area contributed by atoms with Crippen LogP contribution in [0.5, 0.6) is 0 Å². The van der Waals surface area contributed by atoms with Gasteiger partial charge in [-0.15, -0.1) is 0 Å². The normalized spacial score (nSPS) is 12.3. The van der Waals surface area contributed by atoms with Crippen LogP contribution in [0.3, 0.4) is 0 Å². The minimum absolute atomic E-state index is 0. The highest BCUT2D eigenvalue weighted by atomic mass is 16.3. The summed E-state index contributed by atoms with van der Waals surface area (Å²) in [5, 5.41) is 17.1. The molecule has 0 radical (unpaired) electrons. The molecule has 4 N–H and O–H groups in total. The van der Waals surface area contributed by atoms with E-state index in [0.717, 1.165) is 19.3 Å². The molecule has 1 unspecified atom stereocenters. The summed E-state index contributed by atoms with van der Waals surface area (Å²) in [5.41, 5.74) is 0. The van der Waals surface area contributed by atoms with Crippen LogP contribution < -0.4 is 0 Å². The molecule has 58 valence electrons. The van der Waals surface area contributed by atoms with Crippen molar-refractivity contribution in [1.82, 2.24) is 0 Å². The van der Waals surface area contributed by atoms with E-state index >= 15 is 0 Å². The lowest BCUT2D eigenvalue weighted by Crippen LogP contribution is -2.10. The number of unbranched alkanes of at least 4 members (excludes halogenated alkanes) is 1. The lowest BCUT2D eigenvalue weighted by atomic mass is 10.2. The highest BCUT2D eigenvalue weighted by Crippen LogP contribution is 1.97. The van der Waals surface area contributed by atoms with E-state index < -0.39 is 6.10 Å². The van der Waals surface area contributed by atoms with Gasteiger partial charge in [0.1, 0.15) is 0 Å². The van der Waals surface area contributed by atoms with E-state index in [1.807, 2.05) is 0 Å². The Hall–Kier alpha value is -0.120. The van der Waals surface area contributed by atoms with Crippen LogP contribution in [-0.4, -0.2) is 28.4 Å². The summed E-state index contributed by atoms with van der Waals surface area (Å²) in [6.07, 6.45) is 2.32. The molecule has 0 fully saturated rings. The summed E-state index contributed by atoms with van der Waals surface area (Å²) >= 11 is 0. The van der Waals surface area contributed by atoms with Crippen molar-refractivity contribution in [2.75, 3.05) is 6.61 Å². The quantitative estimate of drug-likeness (QED) is 0.557. The fourth-order valence-electron chi connectivity index (χ4n) is 0.531. The van der Waals surface area contributed by atoms with Crippen molar-refractivity contribution in [3.8, 4) is 0 Å². The molecule has 0 saturated carbocycles. The number of aliphatic hydroxyl groups is 2. The van der Waals surface area contributed by atoms with Gasteiger partial charge in [0, 0.05) is 0 Å². The van der Waals surface area contributed by atoms with Gasteiger partial charge < -0.3 is 15.7 Å². The molecule has 0 aliphatic heterocycles. The molecule has 0 aliphatic carbocycles. The third-order valence-corrected chi connectivity index (χ3v) is 1.10. The van der Waals surface area contributed by atoms with E-state index in [9.17, 15) is 0 Å². The van der Waals surface area contributed by atoms with Crippen LogP contribution in [-0.2, 0) is 0 Å². The third-order valence-electron chi connectivity index (χ3n) is 1.10. The predicted molar refractivity (Wildman–Crippen MR) is 36.2 cm³/mol. The summed E-state index contributed by atoms with van der Waals surface area (Å²) < 4.78 is 0. The predicted octanol–water partition coefficient (Wildman–Crippen LogP) is -0.295. The highest BCUT2D eigenvalue weighted by Gasteiger charge is 1.97. The van der Waals surface area contributed by atoms with E-state index in [1.54, 1.807) is 0 Å². The second-order valence-corrected chi connectivity index (χ2v) is 1.98. The van der Waals surface area contributed by atoms with Gasteiger partial charge in [0.2, 0.25) is 0 Å². The first-order valence-electron chi connectivity index (χ1n) is 3.10. The molecule has 0 spiro atoms. The first-order chi connectivity index (χ1) is 3.81. The van der Waals surface area contributed by atoms with Crippen LogP contribution in [0.25, 0.3) is 0 Å². The number of hydrogen-bond donors (Lipinski definition) is 2. The Balaban J connectivity index is 0. The van der Waals surface area contributed by atoms with Gasteiger partial charge in [-0.1, -0.05) is 19.8 Å². The molecule has 0 bridgehead atoms. The maximum absolute atomic E-state index is 8.74. The van der Waals surface area contributed by atoms with Crippen LogP contribution in [0.4, 0.5) is 0 Å². The average molecular weight is 136 g/mol. The lowest BCUT2D eigenvalue weighted by molar-refractivity contribution is 0.0865. The summed E-state index contributed by atoms with van der Waals surface area (Å²) in [7, 11) is 0. The number of rotatable bonds is 4. The highest BCUT2D eigenvalue weighted by molar-refractivity contribution is 4.50. The second-order valence-electron chi connectivity index (χ2n) is 1.98. The molecule has 9 heavy (non-hydrogen) atoms. The first kappa shape index (κ1) is 11.6. The molecule has 0 amide bonds. The monoisotopic (exact) mass is 136 g/mol. The molecule has 0 aromatic rings. The molecule has 0 rings (SSSR count). The fraction of sp³-hybridized carbons (Fsp3) is 1.00. The molecular weight excluding hydrogens is 120 g/mol. The molecule has 0 saturated heterocycles. The Morgan fingerprint density at radius 3 is 2.33 bits per heavy atom. The van der Waals surface area contributed by atoms with Crippen molar-refractivity contribution in [2.45, 2.75) is 32.3 Å². The van der Waals surface area contributed by atoms with Crippen molar-refractivity contribution < 1.29 is 15.7 Å². The topological polar surface area (TPSA) is 72.0 Å².